The normalized spacial score (nSPS) is 15.1. The molecule has 1 amide bonds. The fourth-order valence-electron chi connectivity index (χ4n) is 3.25. The van der Waals surface area contributed by atoms with E-state index in [2.05, 4.69) is 0 Å². The molecule has 0 radical (unpaired) electrons. The SMILES string of the molecule is CCOc1ccc(C(=O)N2CCN(S(=O)(=O)c3ccc(F)cc3)CC2)cc1OCC. The number of nitrogens with zero attached hydrogens (tertiary/aromatic N) is 2. The van der Waals surface area contributed by atoms with Crippen molar-refractivity contribution in [3.63, 3.8) is 0 Å². The van der Waals surface area contributed by atoms with Crippen LogP contribution in [0.25, 0.3) is 0 Å². The smallest absolute Gasteiger partial charge is 0.254 e. The molecule has 1 fully saturated rings. The Morgan fingerprint density at radius 2 is 1.53 bits per heavy atom. The minimum Gasteiger partial charge on any atom is -0.490 e. The van der Waals surface area contributed by atoms with Gasteiger partial charge in [0, 0.05) is 31.7 Å². The Bertz CT molecular complexity index is 987. The topological polar surface area (TPSA) is 76.2 Å². The maximum Gasteiger partial charge on any atom is 0.254 e. The summed E-state index contributed by atoms with van der Waals surface area (Å²) in [5, 5.41) is 0. The number of carbonyl (C=O) groups is 1. The summed E-state index contributed by atoms with van der Waals surface area (Å²) in [6.45, 7) is 5.50. The second-order valence-electron chi connectivity index (χ2n) is 6.68. The number of hydrogen-bond acceptors (Lipinski definition) is 5. The zero-order valence-corrected chi connectivity index (χ0v) is 17.8. The van der Waals surface area contributed by atoms with Crippen LogP contribution in [0.1, 0.15) is 24.2 Å². The Labute approximate surface area is 176 Å². The summed E-state index contributed by atoms with van der Waals surface area (Å²) in [6, 6.07) is 9.77. The van der Waals surface area contributed by atoms with Crippen molar-refractivity contribution in [3.8, 4) is 11.5 Å². The monoisotopic (exact) mass is 436 g/mol. The Balaban J connectivity index is 1.69. The van der Waals surface area contributed by atoms with E-state index in [4.69, 9.17) is 9.47 Å². The standard InChI is InChI=1S/C21H25FN2O5S/c1-3-28-19-10-5-16(15-20(19)29-4-2)21(25)23-11-13-24(14-12-23)30(26,27)18-8-6-17(22)7-9-18/h5-10,15H,3-4,11-14H2,1-2H3. The van der Waals surface area contributed by atoms with E-state index in [9.17, 15) is 17.6 Å². The first-order valence-corrected chi connectivity index (χ1v) is 11.3. The predicted octanol–water partition coefficient (Wildman–Crippen LogP) is 2.77. The Kier molecular flexibility index (Phi) is 6.94. The molecule has 2 aromatic rings. The molecule has 3 rings (SSSR count). The van der Waals surface area contributed by atoms with Crippen LogP contribution in [0.4, 0.5) is 4.39 Å². The highest BCUT2D eigenvalue weighted by molar-refractivity contribution is 7.89. The minimum absolute atomic E-state index is 0.0385. The molecule has 1 aliphatic heterocycles. The number of benzene rings is 2. The van der Waals surface area contributed by atoms with Crippen molar-refractivity contribution in [3.05, 3.63) is 53.8 Å². The molecule has 0 aromatic heterocycles. The van der Waals surface area contributed by atoms with Crippen molar-refractivity contribution in [2.24, 2.45) is 0 Å². The number of hydrogen-bond donors (Lipinski definition) is 0. The van der Waals surface area contributed by atoms with Gasteiger partial charge < -0.3 is 14.4 Å². The highest BCUT2D eigenvalue weighted by atomic mass is 32.2. The van der Waals surface area contributed by atoms with Crippen LogP contribution in [-0.4, -0.2) is 62.9 Å². The van der Waals surface area contributed by atoms with Crippen LogP contribution in [0.15, 0.2) is 47.4 Å². The van der Waals surface area contributed by atoms with Gasteiger partial charge in [-0.15, -0.1) is 0 Å². The van der Waals surface area contributed by atoms with Gasteiger partial charge in [-0.25, -0.2) is 12.8 Å². The summed E-state index contributed by atoms with van der Waals surface area (Å²) in [5.74, 6) is 0.387. The fraction of sp³-hybridized carbons (Fsp3) is 0.381. The molecular weight excluding hydrogens is 411 g/mol. The van der Waals surface area contributed by atoms with Gasteiger partial charge in [0.2, 0.25) is 10.0 Å². The summed E-state index contributed by atoms with van der Waals surface area (Å²) in [5.41, 5.74) is 0.455. The van der Waals surface area contributed by atoms with Gasteiger partial charge in [0.1, 0.15) is 5.82 Å². The third kappa shape index (κ3) is 4.73. The average Bonchev–Trinajstić information content (AvgIpc) is 2.75. The van der Waals surface area contributed by atoms with Crippen LogP contribution < -0.4 is 9.47 Å². The summed E-state index contributed by atoms with van der Waals surface area (Å²) in [7, 11) is -3.73. The van der Waals surface area contributed by atoms with Crippen molar-refractivity contribution in [2.75, 3.05) is 39.4 Å². The summed E-state index contributed by atoms with van der Waals surface area (Å²) in [6.07, 6.45) is 0. The molecule has 1 aliphatic rings. The number of amides is 1. The van der Waals surface area contributed by atoms with Gasteiger partial charge in [0.25, 0.3) is 5.91 Å². The summed E-state index contributed by atoms with van der Waals surface area (Å²) >= 11 is 0. The maximum absolute atomic E-state index is 13.1. The molecule has 0 aliphatic carbocycles. The van der Waals surface area contributed by atoms with Crippen LogP contribution in [0.2, 0.25) is 0 Å². The fourth-order valence-corrected chi connectivity index (χ4v) is 4.68. The van der Waals surface area contributed by atoms with E-state index < -0.39 is 15.8 Å². The number of carbonyl (C=O) groups excluding carboxylic acids is 1. The van der Waals surface area contributed by atoms with Crippen LogP contribution in [0, 0.1) is 5.82 Å². The molecule has 0 atom stereocenters. The van der Waals surface area contributed by atoms with E-state index in [1.807, 2.05) is 13.8 Å². The number of rotatable bonds is 7. The number of sulfonamides is 1. The minimum atomic E-state index is -3.73. The quantitative estimate of drug-likeness (QED) is 0.667. The number of ether oxygens (including phenoxy) is 2. The first kappa shape index (κ1) is 22.0. The van der Waals surface area contributed by atoms with Crippen LogP contribution in [0.5, 0.6) is 11.5 Å². The lowest BCUT2D eigenvalue weighted by atomic mass is 10.1. The molecule has 0 spiro atoms. The van der Waals surface area contributed by atoms with Gasteiger partial charge in [-0.3, -0.25) is 4.79 Å². The second kappa shape index (κ2) is 9.44. The molecule has 2 aromatic carbocycles. The van der Waals surface area contributed by atoms with Gasteiger partial charge >= 0.3 is 0 Å². The second-order valence-corrected chi connectivity index (χ2v) is 8.62. The molecule has 9 heteroatoms. The molecule has 0 saturated carbocycles. The van der Waals surface area contributed by atoms with Crippen molar-refractivity contribution >= 4 is 15.9 Å². The number of piperazine rings is 1. The third-order valence-corrected chi connectivity index (χ3v) is 6.68. The molecule has 162 valence electrons. The highest BCUT2D eigenvalue weighted by Gasteiger charge is 2.30. The molecule has 0 bridgehead atoms. The predicted molar refractivity (Wildman–Crippen MR) is 110 cm³/mol. The van der Waals surface area contributed by atoms with Crippen molar-refractivity contribution in [2.45, 2.75) is 18.7 Å². The van der Waals surface area contributed by atoms with E-state index in [-0.39, 0.29) is 37.0 Å². The van der Waals surface area contributed by atoms with Crippen molar-refractivity contribution in [1.82, 2.24) is 9.21 Å². The molecule has 30 heavy (non-hydrogen) atoms. The van der Waals surface area contributed by atoms with E-state index in [0.29, 0.717) is 30.3 Å². The Morgan fingerprint density at radius 1 is 0.933 bits per heavy atom. The molecule has 1 heterocycles. The lowest BCUT2D eigenvalue weighted by Crippen LogP contribution is -2.50. The third-order valence-electron chi connectivity index (χ3n) is 4.77. The Morgan fingerprint density at radius 3 is 2.13 bits per heavy atom. The largest absolute Gasteiger partial charge is 0.490 e. The van der Waals surface area contributed by atoms with Crippen molar-refractivity contribution in [1.29, 1.82) is 0 Å². The lowest BCUT2D eigenvalue weighted by Gasteiger charge is -2.34. The summed E-state index contributed by atoms with van der Waals surface area (Å²) in [4.78, 5) is 14.6. The molecule has 0 N–H and O–H groups in total. The average molecular weight is 437 g/mol. The molecule has 7 nitrogen and oxygen atoms in total. The van der Waals surface area contributed by atoms with Gasteiger partial charge in [-0.1, -0.05) is 0 Å². The zero-order valence-electron chi connectivity index (χ0n) is 17.0. The first-order chi connectivity index (χ1) is 14.4. The zero-order chi connectivity index (χ0) is 21.7. The lowest BCUT2D eigenvalue weighted by molar-refractivity contribution is 0.0697. The maximum atomic E-state index is 13.1. The van der Waals surface area contributed by atoms with Crippen molar-refractivity contribution < 1.29 is 27.1 Å². The highest BCUT2D eigenvalue weighted by Crippen LogP contribution is 2.29. The van der Waals surface area contributed by atoms with Crippen LogP contribution >= 0.6 is 0 Å². The van der Waals surface area contributed by atoms with E-state index in [1.165, 1.54) is 16.4 Å². The van der Waals surface area contributed by atoms with Crippen LogP contribution in [0.3, 0.4) is 0 Å². The number of halogens is 1. The van der Waals surface area contributed by atoms with E-state index in [0.717, 1.165) is 12.1 Å². The molecule has 0 unspecified atom stereocenters. The Hall–Kier alpha value is -2.65. The van der Waals surface area contributed by atoms with Gasteiger partial charge in [0.05, 0.1) is 18.1 Å². The van der Waals surface area contributed by atoms with Gasteiger partial charge in [-0.05, 0) is 56.3 Å². The summed E-state index contributed by atoms with van der Waals surface area (Å²) < 4.78 is 51.0. The van der Waals surface area contributed by atoms with E-state index in [1.54, 1.807) is 23.1 Å². The van der Waals surface area contributed by atoms with Crippen LogP contribution in [-0.2, 0) is 10.0 Å². The molecule has 1 saturated heterocycles. The van der Waals surface area contributed by atoms with E-state index >= 15 is 0 Å². The molecular formula is C21H25FN2O5S. The first-order valence-electron chi connectivity index (χ1n) is 9.81. The van der Waals surface area contributed by atoms with Gasteiger partial charge in [0.15, 0.2) is 11.5 Å². The van der Waals surface area contributed by atoms with Gasteiger partial charge in [-0.2, -0.15) is 4.31 Å².